The summed E-state index contributed by atoms with van der Waals surface area (Å²) in [7, 11) is 1.63. The molecule has 2 aromatic rings. The molecule has 0 aliphatic heterocycles. The first-order valence-corrected chi connectivity index (χ1v) is 9.10. The van der Waals surface area contributed by atoms with Gasteiger partial charge in [0, 0.05) is 26.3 Å². The lowest BCUT2D eigenvalue weighted by Gasteiger charge is -2.19. The number of halogens is 4. The van der Waals surface area contributed by atoms with Crippen LogP contribution < -0.4 is 20.7 Å². The Labute approximate surface area is 191 Å². The lowest BCUT2D eigenvalue weighted by Crippen LogP contribution is -2.43. The second kappa shape index (κ2) is 12.4. The van der Waals surface area contributed by atoms with Crippen molar-refractivity contribution in [2.75, 3.05) is 32.0 Å². The summed E-state index contributed by atoms with van der Waals surface area (Å²) in [6, 6.07) is 8.60. The van der Waals surface area contributed by atoms with Crippen LogP contribution in [0.4, 0.5) is 19.1 Å². The molecule has 30 heavy (non-hydrogen) atoms. The molecule has 2 rings (SSSR count). The average Bonchev–Trinajstić information content (AvgIpc) is 2.69. The summed E-state index contributed by atoms with van der Waals surface area (Å²) >= 11 is 0. The molecule has 0 saturated heterocycles. The lowest BCUT2D eigenvalue weighted by atomic mass is 10.2. The normalized spacial score (nSPS) is 12.5. The Kier molecular flexibility index (Phi) is 10.6. The Morgan fingerprint density at radius 2 is 1.90 bits per heavy atom. The van der Waals surface area contributed by atoms with Crippen LogP contribution in [-0.4, -0.2) is 48.7 Å². The van der Waals surface area contributed by atoms with E-state index in [1.807, 2.05) is 38.1 Å². The van der Waals surface area contributed by atoms with Crippen LogP contribution in [0.1, 0.15) is 18.2 Å². The maximum Gasteiger partial charge on any atom is 0.433 e. The highest BCUT2D eigenvalue weighted by Crippen LogP contribution is 2.27. The molecule has 166 valence electrons. The van der Waals surface area contributed by atoms with E-state index in [-0.39, 0.29) is 36.0 Å². The topological polar surface area (TPSA) is 83.5 Å². The van der Waals surface area contributed by atoms with E-state index in [4.69, 9.17) is 4.74 Å². The number of guanidine groups is 1. The van der Waals surface area contributed by atoms with E-state index in [2.05, 4.69) is 30.9 Å². The second-order valence-electron chi connectivity index (χ2n) is 6.26. The molecule has 0 fully saturated rings. The summed E-state index contributed by atoms with van der Waals surface area (Å²) in [5.41, 5.74) is 0.0767. The first-order chi connectivity index (χ1) is 13.8. The number of hydrogen-bond acceptors (Lipinski definition) is 5. The van der Waals surface area contributed by atoms with Gasteiger partial charge in [0.05, 0.1) is 6.54 Å². The predicted molar refractivity (Wildman–Crippen MR) is 122 cm³/mol. The van der Waals surface area contributed by atoms with Crippen molar-refractivity contribution in [1.29, 1.82) is 0 Å². The molecule has 0 radical (unpaired) electrons. The van der Waals surface area contributed by atoms with Gasteiger partial charge in [0.25, 0.3) is 0 Å². The van der Waals surface area contributed by atoms with E-state index in [1.54, 1.807) is 7.05 Å². The van der Waals surface area contributed by atoms with Gasteiger partial charge in [-0.15, -0.1) is 24.0 Å². The van der Waals surface area contributed by atoms with Crippen LogP contribution in [0.15, 0.2) is 41.5 Å². The first-order valence-electron chi connectivity index (χ1n) is 9.10. The van der Waals surface area contributed by atoms with Gasteiger partial charge in [-0.3, -0.25) is 4.99 Å². The van der Waals surface area contributed by atoms with Gasteiger partial charge in [-0.1, -0.05) is 18.2 Å². The first kappa shape index (κ1) is 25.7. The van der Waals surface area contributed by atoms with Gasteiger partial charge in [0.2, 0.25) is 5.95 Å². The van der Waals surface area contributed by atoms with E-state index in [9.17, 15) is 13.2 Å². The third-order valence-electron chi connectivity index (χ3n) is 3.85. The van der Waals surface area contributed by atoms with Crippen molar-refractivity contribution in [1.82, 2.24) is 20.6 Å². The van der Waals surface area contributed by atoms with Crippen LogP contribution in [-0.2, 0) is 6.18 Å². The third-order valence-corrected chi connectivity index (χ3v) is 3.85. The number of aryl methyl sites for hydroxylation is 1. The van der Waals surface area contributed by atoms with Gasteiger partial charge in [0.15, 0.2) is 5.96 Å². The fourth-order valence-corrected chi connectivity index (χ4v) is 2.37. The van der Waals surface area contributed by atoms with Crippen molar-refractivity contribution in [3.8, 4) is 5.75 Å². The molecule has 0 amide bonds. The molecular weight excluding hydrogens is 512 g/mol. The Bertz CT molecular complexity index is 819. The number of anilines is 1. The van der Waals surface area contributed by atoms with Crippen LogP contribution >= 0.6 is 24.0 Å². The lowest BCUT2D eigenvalue weighted by molar-refractivity contribution is -0.141. The minimum atomic E-state index is -4.50. The predicted octanol–water partition coefficient (Wildman–Crippen LogP) is 3.47. The largest absolute Gasteiger partial charge is 0.489 e. The highest BCUT2D eigenvalue weighted by molar-refractivity contribution is 14.0. The van der Waals surface area contributed by atoms with Crippen molar-refractivity contribution in [3.05, 3.63) is 47.8 Å². The molecule has 0 spiro atoms. The smallest absolute Gasteiger partial charge is 0.433 e. The van der Waals surface area contributed by atoms with Crippen LogP contribution in [0.25, 0.3) is 0 Å². The maximum atomic E-state index is 12.7. The molecular formula is C19H26F3IN6O. The Morgan fingerprint density at radius 3 is 2.57 bits per heavy atom. The summed E-state index contributed by atoms with van der Waals surface area (Å²) in [6.45, 7) is 5.18. The summed E-state index contributed by atoms with van der Waals surface area (Å²) in [6.07, 6.45) is -3.52. The van der Waals surface area contributed by atoms with Crippen LogP contribution in [0, 0.1) is 6.92 Å². The van der Waals surface area contributed by atoms with E-state index < -0.39 is 11.9 Å². The Morgan fingerprint density at radius 1 is 1.17 bits per heavy atom. The van der Waals surface area contributed by atoms with E-state index in [1.165, 1.54) is 0 Å². The average molecular weight is 538 g/mol. The number of rotatable bonds is 8. The SMILES string of the molecule is CN=C(NCCNc1nccc(C(F)(F)F)n1)NCC(C)Oc1ccccc1C.I. The number of aliphatic imine (C=N–C) groups is 1. The number of aromatic nitrogens is 2. The zero-order valence-electron chi connectivity index (χ0n) is 17.0. The fourth-order valence-electron chi connectivity index (χ4n) is 2.37. The monoisotopic (exact) mass is 538 g/mol. The fraction of sp³-hybridized carbons (Fsp3) is 0.421. The molecule has 11 heteroatoms. The van der Waals surface area contributed by atoms with Gasteiger partial charge in [-0.2, -0.15) is 13.2 Å². The summed E-state index contributed by atoms with van der Waals surface area (Å²) in [4.78, 5) is 11.3. The maximum absolute atomic E-state index is 12.7. The standard InChI is InChI=1S/C19H25F3N6O.HI/c1-13-6-4-5-7-15(13)29-14(2)12-27-17(23-3)25-10-11-26-18-24-9-8-16(28-18)19(20,21)22;/h4-9,14H,10-12H2,1-3H3,(H2,23,25,27)(H,24,26,28);1H. The van der Waals surface area contributed by atoms with Crippen molar-refractivity contribution in [2.24, 2.45) is 4.99 Å². The molecule has 0 saturated carbocycles. The van der Waals surface area contributed by atoms with Gasteiger partial charge in [-0.05, 0) is 31.5 Å². The molecule has 1 aromatic carbocycles. The molecule has 7 nitrogen and oxygen atoms in total. The number of para-hydroxylation sites is 1. The van der Waals surface area contributed by atoms with Gasteiger partial charge in [0.1, 0.15) is 17.5 Å². The van der Waals surface area contributed by atoms with Gasteiger partial charge in [-0.25, -0.2) is 9.97 Å². The van der Waals surface area contributed by atoms with E-state index in [0.717, 1.165) is 23.6 Å². The van der Waals surface area contributed by atoms with E-state index >= 15 is 0 Å². The van der Waals surface area contributed by atoms with Gasteiger partial charge < -0.3 is 20.7 Å². The molecule has 0 bridgehead atoms. The van der Waals surface area contributed by atoms with Gasteiger partial charge >= 0.3 is 6.18 Å². The zero-order valence-corrected chi connectivity index (χ0v) is 19.3. The van der Waals surface area contributed by atoms with Crippen molar-refractivity contribution in [3.63, 3.8) is 0 Å². The van der Waals surface area contributed by atoms with Crippen LogP contribution in [0.5, 0.6) is 5.75 Å². The minimum absolute atomic E-state index is 0. The molecule has 1 aromatic heterocycles. The zero-order chi connectivity index (χ0) is 21.3. The number of hydrogen-bond donors (Lipinski definition) is 3. The molecule has 0 aliphatic carbocycles. The molecule has 1 unspecified atom stereocenters. The number of nitrogens with zero attached hydrogens (tertiary/aromatic N) is 3. The number of nitrogens with one attached hydrogen (secondary N) is 3. The minimum Gasteiger partial charge on any atom is -0.489 e. The highest BCUT2D eigenvalue weighted by Gasteiger charge is 2.32. The molecule has 3 N–H and O–H groups in total. The van der Waals surface area contributed by atoms with Crippen LogP contribution in [0.3, 0.4) is 0 Å². The van der Waals surface area contributed by atoms with Crippen molar-refractivity contribution >= 4 is 35.9 Å². The molecule has 1 atom stereocenters. The number of ether oxygens (including phenoxy) is 1. The summed E-state index contributed by atoms with van der Waals surface area (Å²) in [5.74, 6) is 1.30. The highest BCUT2D eigenvalue weighted by atomic mass is 127. The molecule has 1 heterocycles. The van der Waals surface area contributed by atoms with Crippen LogP contribution in [0.2, 0.25) is 0 Å². The Balaban J connectivity index is 0.00000450. The molecule has 0 aliphatic rings. The number of benzene rings is 1. The second-order valence-corrected chi connectivity index (χ2v) is 6.26. The summed E-state index contributed by atoms with van der Waals surface area (Å²) < 4.78 is 43.9. The van der Waals surface area contributed by atoms with Crippen molar-refractivity contribution < 1.29 is 17.9 Å². The third kappa shape index (κ3) is 8.59. The Hall–Kier alpha value is -2.31. The summed E-state index contributed by atoms with van der Waals surface area (Å²) in [5, 5.41) is 8.95. The quantitative estimate of drug-likeness (QED) is 0.207. The van der Waals surface area contributed by atoms with E-state index in [0.29, 0.717) is 25.6 Å². The number of alkyl halides is 3. The van der Waals surface area contributed by atoms with Crippen molar-refractivity contribution in [2.45, 2.75) is 26.1 Å².